The summed E-state index contributed by atoms with van der Waals surface area (Å²) in [5.74, 6) is 0.546. The zero-order valence-electron chi connectivity index (χ0n) is 8.55. The highest BCUT2D eigenvalue weighted by Crippen LogP contribution is 2.30. The van der Waals surface area contributed by atoms with Gasteiger partial charge in [0.1, 0.15) is 0 Å². The number of benzene rings is 1. The summed E-state index contributed by atoms with van der Waals surface area (Å²) in [6.45, 7) is 6.46. The van der Waals surface area contributed by atoms with Crippen LogP contribution in [0.1, 0.15) is 36.8 Å². The van der Waals surface area contributed by atoms with Crippen LogP contribution in [0, 0.1) is 12.8 Å². The Morgan fingerprint density at radius 2 is 1.77 bits per heavy atom. The average molecular weight is 197 g/mol. The molecule has 1 rings (SSSR count). The molecule has 2 atom stereocenters. The Hall–Kier alpha value is -0.490. The maximum atomic E-state index is 6.31. The molecule has 1 heteroatoms. The number of aryl methyl sites for hydroxylation is 1. The van der Waals surface area contributed by atoms with Gasteiger partial charge in [-0.25, -0.2) is 0 Å². The van der Waals surface area contributed by atoms with Crippen molar-refractivity contribution in [2.75, 3.05) is 0 Å². The van der Waals surface area contributed by atoms with Crippen LogP contribution < -0.4 is 0 Å². The first kappa shape index (κ1) is 10.6. The molecule has 0 N–H and O–H groups in total. The van der Waals surface area contributed by atoms with Crippen molar-refractivity contribution in [3.63, 3.8) is 0 Å². The van der Waals surface area contributed by atoms with Crippen LogP contribution in [0.3, 0.4) is 0 Å². The SMILES string of the molecule is CCC(C)C(Cl)c1ccc(C)cc1. The van der Waals surface area contributed by atoms with Crippen LogP contribution in [0.25, 0.3) is 0 Å². The molecule has 0 aliphatic heterocycles. The summed E-state index contributed by atoms with van der Waals surface area (Å²) >= 11 is 6.31. The number of alkyl halides is 1. The van der Waals surface area contributed by atoms with Gasteiger partial charge in [-0.2, -0.15) is 0 Å². The summed E-state index contributed by atoms with van der Waals surface area (Å²) in [7, 11) is 0. The molecule has 1 aromatic rings. The Balaban J connectivity index is 2.77. The fourth-order valence-electron chi connectivity index (χ4n) is 1.29. The quantitative estimate of drug-likeness (QED) is 0.632. The standard InChI is InChI=1S/C12H17Cl/c1-4-10(3)12(13)11-7-5-9(2)6-8-11/h5-8,10,12H,4H2,1-3H3. The highest BCUT2D eigenvalue weighted by Gasteiger charge is 2.13. The lowest BCUT2D eigenvalue weighted by Crippen LogP contribution is -2.02. The molecule has 0 aromatic heterocycles. The first-order valence-corrected chi connectivity index (χ1v) is 5.29. The van der Waals surface area contributed by atoms with Gasteiger partial charge in [-0.05, 0) is 18.4 Å². The molecule has 0 saturated heterocycles. The van der Waals surface area contributed by atoms with Crippen molar-refractivity contribution in [3.05, 3.63) is 35.4 Å². The van der Waals surface area contributed by atoms with E-state index in [4.69, 9.17) is 11.6 Å². The summed E-state index contributed by atoms with van der Waals surface area (Å²) in [6.07, 6.45) is 1.13. The molecule has 0 aliphatic carbocycles. The number of hydrogen-bond acceptors (Lipinski definition) is 0. The zero-order chi connectivity index (χ0) is 9.84. The number of hydrogen-bond donors (Lipinski definition) is 0. The molecule has 0 bridgehead atoms. The van der Waals surface area contributed by atoms with Gasteiger partial charge in [0, 0.05) is 0 Å². The molecular formula is C12H17Cl. The maximum Gasteiger partial charge on any atom is 0.0610 e. The molecular weight excluding hydrogens is 180 g/mol. The summed E-state index contributed by atoms with van der Waals surface area (Å²) in [6, 6.07) is 8.48. The van der Waals surface area contributed by atoms with Gasteiger partial charge in [0.2, 0.25) is 0 Å². The summed E-state index contributed by atoms with van der Waals surface area (Å²) in [5.41, 5.74) is 2.53. The minimum absolute atomic E-state index is 0.158. The summed E-state index contributed by atoms with van der Waals surface area (Å²) in [4.78, 5) is 0. The molecule has 0 radical (unpaired) electrons. The van der Waals surface area contributed by atoms with Crippen LogP contribution >= 0.6 is 11.6 Å². The van der Waals surface area contributed by atoms with Crippen molar-refractivity contribution in [1.29, 1.82) is 0 Å². The van der Waals surface area contributed by atoms with Crippen LogP contribution in [0.2, 0.25) is 0 Å². The fourth-order valence-corrected chi connectivity index (χ4v) is 1.61. The molecule has 0 saturated carbocycles. The third-order valence-electron chi connectivity index (χ3n) is 2.54. The summed E-state index contributed by atoms with van der Waals surface area (Å²) in [5, 5.41) is 0.158. The lowest BCUT2D eigenvalue weighted by atomic mass is 9.98. The predicted octanol–water partition coefficient (Wildman–Crippen LogP) is 4.32. The van der Waals surface area contributed by atoms with Gasteiger partial charge in [0.05, 0.1) is 5.38 Å². The van der Waals surface area contributed by atoms with E-state index in [0.29, 0.717) is 5.92 Å². The molecule has 0 amide bonds. The van der Waals surface area contributed by atoms with E-state index in [1.165, 1.54) is 11.1 Å². The zero-order valence-corrected chi connectivity index (χ0v) is 9.31. The van der Waals surface area contributed by atoms with Crippen molar-refractivity contribution in [2.24, 2.45) is 5.92 Å². The average Bonchev–Trinajstić information content (AvgIpc) is 2.17. The lowest BCUT2D eigenvalue weighted by molar-refractivity contribution is 0.542. The maximum absolute atomic E-state index is 6.31. The highest BCUT2D eigenvalue weighted by molar-refractivity contribution is 6.20. The molecule has 0 nitrogen and oxygen atoms in total. The van der Waals surface area contributed by atoms with Gasteiger partial charge >= 0.3 is 0 Å². The molecule has 72 valence electrons. The molecule has 0 fully saturated rings. The lowest BCUT2D eigenvalue weighted by Gasteiger charge is -2.16. The van der Waals surface area contributed by atoms with Gasteiger partial charge < -0.3 is 0 Å². The van der Waals surface area contributed by atoms with Crippen LogP contribution in [0.15, 0.2) is 24.3 Å². The van der Waals surface area contributed by atoms with Crippen molar-refractivity contribution in [2.45, 2.75) is 32.6 Å². The van der Waals surface area contributed by atoms with Gasteiger partial charge in [0.15, 0.2) is 0 Å². The molecule has 2 unspecified atom stereocenters. The fraction of sp³-hybridized carbons (Fsp3) is 0.500. The van der Waals surface area contributed by atoms with Crippen molar-refractivity contribution >= 4 is 11.6 Å². The van der Waals surface area contributed by atoms with E-state index in [9.17, 15) is 0 Å². The van der Waals surface area contributed by atoms with E-state index in [2.05, 4.69) is 45.0 Å². The topological polar surface area (TPSA) is 0 Å². The molecule has 0 heterocycles. The van der Waals surface area contributed by atoms with E-state index < -0.39 is 0 Å². The van der Waals surface area contributed by atoms with Gasteiger partial charge in [-0.15, -0.1) is 11.6 Å². The van der Waals surface area contributed by atoms with Crippen LogP contribution in [0.4, 0.5) is 0 Å². The van der Waals surface area contributed by atoms with Crippen molar-refractivity contribution in [3.8, 4) is 0 Å². The molecule has 0 aliphatic rings. The van der Waals surface area contributed by atoms with E-state index in [-0.39, 0.29) is 5.38 Å². The van der Waals surface area contributed by atoms with Gasteiger partial charge in [-0.1, -0.05) is 50.1 Å². The van der Waals surface area contributed by atoms with E-state index in [1.807, 2.05) is 0 Å². The molecule has 1 aromatic carbocycles. The van der Waals surface area contributed by atoms with E-state index in [0.717, 1.165) is 6.42 Å². The highest BCUT2D eigenvalue weighted by atomic mass is 35.5. The normalized spacial score (nSPS) is 15.4. The van der Waals surface area contributed by atoms with Crippen LogP contribution in [-0.2, 0) is 0 Å². The monoisotopic (exact) mass is 196 g/mol. The third-order valence-corrected chi connectivity index (χ3v) is 3.22. The van der Waals surface area contributed by atoms with Crippen molar-refractivity contribution in [1.82, 2.24) is 0 Å². The minimum atomic E-state index is 0.158. The Kier molecular flexibility index (Phi) is 3.80. The van der Waals surface area contributed by atoms with E-state index >= 15 is 0 Å². The molecule has 13 heavy (non-hydrogen) atoms. The van der Waals surface area contributed by atoms with E-state index in [1.54, 1.807) is 0 Å². The Labute approximate surface area is 85.9 Å². The second-order valence-corrected chi connectivity index (χ2v) is 4.17. The first-order chi connectivity index (χ1) is 6.15. The minimum Gasteiger partial charge on any atom is -0.118 e. The van der Waals surface area contributed by atoms with Crippen LogP contribution in [-0.4, -0.2) is 0 Å². The van der Waals surface area contributed by atoms with Gasteiger partial charge in [-0.3, -0.25) is 0 Å². The second kappa shape index (κ2) is 4.66. The van der Waals surface area contributed by atoms with Gasteiger partial charge in [0.25, 0.3) is 0 Å². The predicted molar refractivity (Wildman–Crippen MR) is 59.2 cm³/mol. The van der Waals surface area contributed by atoms with Crippen LogP contribution in [0.5, 0.6) is 0 Å². The summed E-state index contributed by atoms with van der Waals surface area (Å²) < 4.78 is 0. The Morgan fingerprint density at radius 1 is 1.23 bits per heavy atom. The Bertz CT molecular complexity index is 250. The number of rotatable bonds is 3. The smallest absolute Gasteiger partial charge is 0.0610 e. The third kappa shape index (κ3) is 2.73. The largest absolute Gasteiger partial charge is 0.118 e. The number of halogens is 1. The first-order valence-electron chi connectivity index (χ1n) is 4.85. The molecule has 0 spiro atoms. The van der Waals surface area contributed by atoms with Crippen molar-refractivity contribution < 1.29 is 0 Å². The Morgan fingerprint density at radius 3 is 2.23 bits per heavy atom. The second-order valence-electron chi connectivity index (χ2n) is 3.70.